The van der Waals surface area contributed by atoms with E-state index in [9.17, 15) is 8.78 Å². The number of benzene rings is 1. The fourth-order valence-electron chi connectivity index (χ4n) is 2.37. The van der Waals surface area contributed by atoms with Gasteiger partial charge in [-0.3, -0.25) is 0 Å². The van der Waals surface area contributed by atoms with Crippen LogP contribution in [0.15, 0.2) is 41.0 Å². The fraction of sp³-hybridized carbons (Fsp3) is 0.375. The van der Waals surface area contributed by atoms with E-state index in [1.54, 1.807) is 6.26 Å². The Morgan fingerprint density at radius 3 is 2.25 bits per heavy atom. The molecule has 0 saturated carbocycles. The van der Waals surface area contributed by atoms with Gasteiger partial charge in [-0.15, -0.1) is 0 Å². The number of furan rings is 1. The molecule has 0 bridgehead atoms. The van der Waals surface area contributed by atoms with Crippen molar-refractivity contribution in [1.29, 1.82) is 0 Å². The molecule has 0 aliphatic rings. The fourth-order valence-corrected chi connectivity index (χ4v) is 2.37. The number of halogens is 2. The number of rotatable bonds is 6. The van der Waals surface area contributed by atoms with Gasteiger partial charge in [-0.2, -0.15) is 0 Å². The Kier molecular flexibility index (Phi) is 4.90. The van der Waals surface area contributed by atoms with E-state index in [4.69, 9.17) is 4.42 Å². The van der Waals surface area contributed by atoms with Gasteiger partial charge in [0.05, 0.1) is 6.26 Å². The lowest BCUT2D eigenvalue weighted by molar-refractivity contribution is 0.415. The van der Waals surface area contributed by atoms with Crippen molar-refractivity contribution in [2.45, 2.75) is 38.8 Å². The summed E-state index contributed by atoms with van der Waals surface area (Å²) in [5.41, 5.74) is 0.137. The quantitative estimate of drug-likeness (QED) is 0.872. The molecule has 1 aromatic heterocycles. The van der Waals surface area contributed by atoms with Gasteiger partial charge >= 0.3 is 0 Å². The van der Waals surface area contributed by atoms with Crippen LogP contribution in [0.5, 0.6) is 0 Å². The number of hydrogen-bond acceptors (Lipinski definition) is 2. The van der Waals surface area contributed by atoms with Gasteiger partial charge in [-0.05, 0) is 44.5 Å². The SMILES string of the molecule is CC(Cc1ccco1)NC(C)Cc1c(F)cccc1F. The lowest BCUT2D eigenvalue weighted by Crippen LogP contribution is -2.37. The summed E-state index contributed by atoms with van der Waals surface area (Å²) in [5.74, 6) is -0.0797. The van der Waals surface area contributed by atoms with Crippen molar-refractivity contribution in [3.63, 3.8) is 0 Å². The minimum atomic E-state index is -0.489. The Bertz CT molecular complexity index is 519. The van der Waals surface area contributed by atoms with Crippen LogP contribution in [0.25, 0.3) is 0 Å². The molecule has 2 aromatic rings. The highest BCUT2D eigenvalue weighted by atomic mass is 19.1. The van der Waals surface area contributed by atoms with E-state index in [2.05, 4.69) is 5.32 Å². The summed E-state index contributed by atoms with van der Waals surface area (Å²) < 4.78 is 32.4. The molecule has 4 heteroatoms. The summed E-state index contributed by atoms with van der Waals surface area (Å²) >= 11 is 0. The second-order valence-corrected chi connectivity index (χ2v) is 5.16. The molecule has 1 heterocycles. The molecule has 20 heavy (non-hydrogen) atoms. The Labute approximate surface area is 117 Å². The number of nitrogens with one attached hydrogen (secondary N) is 1. The third kappa shape index (κ3) is 3.90. The molecule has 0 saturated heterocycles. The van der Waals surface area contributed by atoms with Crippen LogP contribution in [-0.2, 0) is 12.8 Å². The molecule has 0 aliphatic carbocycles. The van der Waals surface area contributed by atoms with Gasteiger partial charge in [-0.25, -0.2) is 8.78 Å². The van der Waals surface area contributed by atoms with Crippen molar-refractivity contribution in [2.24, 2.45) is 0 Å². The van der Waals surface area contributed by atoms with Crippen LogP contribution >= 0.6 is 0 Å². The molecule has 0 spiro atoms. The average molecular weight is 279 g/mol. The van der Waals surface area contributed by atoms with E-state index in [0.717, 1.165) is 12.2 Å². The first-order valence-electron chi connectivity index (χ1n) is 6.77. The van der Waals surface area contributed by atoms with Gasteiger partial charge in [0.2, 0.25) is 0 Å². The molecule has 2 rings (SSSR count). The van der Waals surface area contributed by atoms with Gasteiger partial charge in [-0.1, -0.05) is 6.07 Å². The van der Waals surface area contributed by atoms with Crippen LogP contribution in [0.3, 0.4) is 0 Å². The van der Waals surface area contributed by atoms with Crippen molar-refractivity contribution in [2.75, 3.05) is 0 Å². The summed E-state index contributed by atoms with van der Waals surface area (Å²) in [6.45, 7) is 3.95. The first kappa shape index (κ1) is 14.7. The van der Waals surface area contributed by atoms with Crippen molar-refractivity contribution in [3.05, 3.63) is 59.6 Å². The Morgan fingerprint density at radius 2 is 1.65 bits per heavy atom. The van der Waals surface area contributed by atoms with Crippen LogP contribution in [-0.4, -0.2) is 12.1 Å². The minimum Gasteiger partial charge on any atom is -0.469 e. The van der Waals surface area contributed by atoms with Crippen molar-refractivity contribution in [1.82, 2.24) is 5.32 Å². The van der Waals surface area contributed by atoms with E-state index < -0.39 is 11.6 Å². The molecule has 0 radical (unpaired) electrons. The zero-order valence-electron chi connectivity index (χ0n) is 11.7. The van der Waals surface area contributed by atoms with Crippen LogP contribution in [0.4, 0.5) is 8.78 Å². The van der Waals surface area contributed by atoms with E-state index in [1.165, 1.54) is 18.2 Å². The summed E-state index contributed by atoms with van der Waals surface area (Å²) in [6, 6.07) is 7.87. The van der Waals surface area contributed by atoms with Crippen LogP contribution in [0.2, 0.25) is 0 Å². The second-order valence-electron chi connectivity index (χ2n) is 5.16. The highest BCUT2D eigenvalue weighted by Crippen LogP contribution is 2.14. The molecular formula is C16H19F2NO. The monoisotopic (exact) mass is 279 g/mol. The highest BCUT2D eigenvalue weighted by Gasteiger charge is 2.14. The van der Waals surface area contributed by atoms with Crippen molar-refractivity contribution in [3.8, 4) is 0 Å². The first-order chi connectivity index (χ1) is 9.56. The molecule has 2 nitrogen and oxygen atoms in total. The summed E-state index contributed by atoms with van der Waals surface area (Å²) in [5, 5.41) is 3.33. The summed E-state index contributed by atoms with van der Waals surface area (Å²) in [4.78, 5) is 0. The molecule has 2 unspecified atom stereocenters. The standard InChI is InChI=1S/C16H19F2NO/c1-11(9-13-5-4-8-20-13)19-12(2)10-14-15(17)6-3-7-16(14)18/h3-8,11-12,19H,9-10H2,1-2H3. The molecule has 0 fully saturated rings. The van der Waals surface area contributed by atoms with E-state index in [-0.39, 0.29) is 17.6 Å². The minimum absolute atomic E-state index is 0.0219. The highest BCUT2D eigenvalue weighted by molar-refractivity contribution is 5.20. The largest absolute Gasteiger partial charge is 0.469 e. The van der Waals surface area contributed by atoms with E-state index in [1.807, 2.05) is 26.0 Å². The third-order valence-electron chi connectivity index (χ3n) is 3.23. The number of hydrogen-bond donors (Lipinski definition) is 1. The molecule has 1 aromatic carbocycles. The summed E-state index contributed by atoms with van der Waals surface area (Å²) in [7, 11) is 0. The van der Waals surface area contributed by atoms with Gasteiger partial charge in [0.1, 0.15) is 17.4 Å². The predicted molar refractivity (Wildman–Crippen MR) is 74.5 cm³/mol. The third-order valence-corrected chi connectivity index (χ3v) is 3.23. The molecule has 0 aliphatic heterocycles. The summed E-state index contributed by atoms with van der Waals surface area (Å²) in [6.07, 6.45) is 2.71. The van der Waals surface area contributed by atoms with Gasteiger partial charge in [0.15, 0.2) is 0 Å². The molecule has 0 amide bonds. The molecule has 1 N–H and O–H groups in total. The maximum atomic E-state index is 13.6. The maximum absolute atomic E-state index is 13.6. The van der Waals surface area contributed by atoms with Crippen molar-refractivity contribution < 1.29 is 13.2 Å². The first-order valence-corrected chi connectivity index (χ1v) is 6.77. The lowest BCUT2D eigenvalue weighted by Gasteiger charge is -2.20. The van der Waals surface area contributed by atoms with Gasteiger partial charge in [0.25, 0.3) is 0 Å². The van der Waals surface area contributed by atoms with Crippen LogP contribution in [0.1, 0.15) is 25.2 Å². The average Bonchev–Trinajstić information content (AvgIpc) is 2.86. The predicted octanol–water partition coefficient (Wildman–Crippen LogP) is 3.71. The van der Waals surface area contributed by atoms with E-state index >= 15 is 0 Å². The molecule has 108 valence electrons. The van der Waals surface area contributed by atoms with Gasteiger partial charge < -0.3 is 9.73 Å². The normalized spacial score (nSPS) is 14.2. The Balaban J connectivity index is 1.90. The smallest absolute Gasteiger partial charge is 0.129 e. The van der Waals surface area contributed by atoms with E-state index in [0.29, 0.717) is 6.42 Å². The lowest BCUT2D eigenvalue weighted by atomic mass is 10.0. The zero-order chi connectivity index (χ0) is 14.5. The van der Waals surface area contributed by atoms with Crippen LogP contribution in [0, 0.1) is 11.6 Å². The Hall–Kier alpha value is -1.68. The maximum Gasteiger partial charge on any atom is 0.129 e. The second kappa shape index (κ2) is 6.66. The zero-order valence-corrected chi connectivity index (χ0v) is 11.7. The topological polar surface area (TPSA) is 25.2 Å². The van der Waals surface area contributed by atoms with Gasteiger partial charge in [0, 0.05) is 24.1 Å². The van der Waals surface area contributed by atoms with Crippen molar-refractivity contribution >= 4 is 0 Å². The molecular weight excluding hydrogens is 260 g/mol. The molecule has 2 atom stereocenters. The Morgan fingerprint density at radius 1 is 1.00 bits per heavy atom. The van der Waals surface area contributed by atoms with Crippen LogP contribution < -0.4 is 5.32 Å².